The zero-order chi connectivity index (χ0) is 14.7. The van der Waals surface area contributed by atoms with Gasteiger partial charge < -0.3 is 0 Å². The molecule has 0 radical (unpaired) electrons. The van der Waals surface area contributed by atoms with Gasteiger partial charge in [-0.25, -0.2) is 4.98 Å². The molecule has 0 fully saturated rings. The number of carbonyl (C=O) groups is 1. The number of rotatable bonds is 4. The zero-order valence-corrected chi connectivity index (χ0v) is 12.7. The number of ketones is 1. The number of carbonyl (C=O) groups excluding carboxylic acids is 1. The molecule has 0 saturated heterocycles. The molecular weight excluding hydrogens is 302 g/mol. The van der Waals surface area contributed by atoms with E-state index < -0.39 is 0 Å². The highest BCUT2D eigenvalue weighted by molar-refractivity contribution is 7.13. The molecular formula is C17H12ClNOS. The van der Waals surface area contributed by atoms with E-state index in [0.29, 0.717) is 11.4 Å². The van der Waals surface area contributed by atoms with Gasteiger partial charge in [-0.3, -0.25) is 4.79 Å². The molecule has 1 aromatic heterocycles. The number of benzene rings is 2. The minimum absolute atomic E-state index is 0.0820. The van der Waals surface area contributed by atoms with Crippen LogP contribution < -0.4 is 0 Å². The minimum atomic E-state index is 0.0820. The van der Waals surface area contributed by atoms with E-state index in [2.05, 4.69) is 4.98 Å². The second kappa shape index (κ2) is 6.20. The number of halogens is 1. The Morgan fingerprint density at radius 1 is 1.10 bits per heavy atom. The SMILES string of the molecule is O=C(Cc1csc(-c2cccc(Cl)c2)n1)c1ccccc1. The van der Waals surface area contributed by atoms with Crippen molar-refractivity contribution in [1.82, 2.24) is 4.98 Å². The van der Waals surface area contributed by atoms with E-state index in [4.69, 9.17) is 11.6 Å². The molecule has 1 heterocycles. The Morgan fingerprint density at radius 2 is 1.90 bits per heavy atom. The fourth-order valence-corrected chi connectivity index (χ4v) is 3.04. The minimum Gasteiger partial charge on any atom is -0.294 e. The summed E-state index contributed by atoms with van der Waals surface area (Å²) in [5, 5.41) is 3.50. The largest absolute Gasteiger partial charge is 0.294 e. The molecule has 0 N–H and O–H groups in total. The van der Waals surface area contributed by atoms with Gasteiger partial charge in [-0.15, -0.1) is 11.3 Å². The number of nitrogens with zero attached hydrogens (tertiary/aromatic N) is 1. The van der Waals surface area contributed by atoms with Gasteiger partial charge in [0, 0.05) is 21.5 Å². The van der Waals surface area contributed by atoms with Crippen molar-refractivity contribution in [2.45, 2.75) is 6.42 Å². The van der Waals surface area contributed by atoms with Gasteiger partial charge in [-0.05, 0) is 12.1 Å². The second-order valence-electron chi connectivity index (χ2n) is 4.62. The van der Waals surface area contributed by atoms with Crippen LogP contribution in [0.5, 0.6) is 0 Å². The van der Waals surface area contributed by atoms with Crippen LogP contribution in [0.3, 0.4) is 0 Å². The van der Waals surface area contributed by atoms with E-state index in [1.165, 1.54) is 11.3 Å². The lowest BCUT2D eigenvalue weighted by Gasteiger charge is -1.98. The van der Waals surface area contributed by atoms with E-state index >= 15 is 0 Å². The molecule has 0 unspecified atom stereocenters. The Morgan fingerprint density at radius 3 is 2.67 bits per heavy atom. The van der Waals surface area contributed by atoms with Crippen LogP contribution in [0.25, 0.3) is 10.6 Å². The van der Waals surface area contributed by atoms with Crippen LogP contribution in [0.2, 0.25) is 5.02 Å². The average Bonchev–Trinajstić information content (AvgIpc) is 2.97. The standard InChI is InChI=1S/C17H12ClNOS/c18-14-8-4-7-13(9-14)17-19-15(11-21-17)10-16(20)12-5-2-1-3-6-12/h1-9,11H,10H2. The highest BCUT2D eigenvalue weighted by atomic mass is 35.5. The Balaban J connectivity index is 1.78. The van der Waals surface area contributed by atoms with E-state index in [1.807, 2.05) is 60.0 Å². The summed E-state index contributed by atoms with van der Waals surface area (Å²) >= 11 is 7.52. The molecule has 3 rings (SSSR count). The van der Waals surface area contributed by atoms with E-state index in [0.717, 1.165) is 21.8 Å². The lowest BCUT2D eigenvalue weighted by atomic mass is 10.1. The maximum atomic E-state index is 12.2. The molecule has 2 aromatic carbocycles. The van der Waals surface area contributed by atoms with Crippen LogP contribution in [0.4, 0.5) is 0 Å². The van der Waals surface area contributed by atoms with Crippen molar-refractivity contribution in [3.05, 3.63) is 76.3 Å². The summed E-state index contributed by atoms with van der Waals surface area (Å²) in [6, 6.07) is 16.9. The molecule has 0 atom stereocenters. The fraction of sp³-hybridized carbons (Fsp3) is 0.0588. The summed E-state index contributed by atoms with van der Waals surface area (Å²) in [4.78, 5) is 16.7. The van der Waals surface area contributed by atoms with Gasteiger partial charge in [0.1, 0.15) is 5.01 Å². The van der Waals surface area contributed by atoms with Crippen molar-refractivity contribution in [3.8, 4) is 10.6 Å². The number of Topliss-reactive ketones (excluding diaryl/α,β-unsaturated/α-hetero) is 1. The smallest absolute Gasteiger partial charge is 0.168 e. The zero-order valence-electron chi connectivity index (χ0n) is 11.1. The molecule has 0 amide bonds. The Kier molecular flexibility index (Phi) is 4.13. The third kappa shape index (κ3) is 3.38. The summed E-state index contributed by atoms with van der Waals surface area (Å²) in [5.74, 6) is 0.0820. The van der Waals surface area contributed by atoms with Crippen molar-refractivity contribution in [2.75, 3.05) is 0 Å². The predicted octanol–water partition coefficient (Wildman–Crippen LogP) is 4.89. The highest BCUT2D eigenvalue weighted by Gasteiger charge is 2.10. The molecule has 0 spiro atoms. The molecule has 2 nitrogen and oxygen atoms in total. The summed E-state index contributed by atoms with van der Waals surface area (Å²) in [6.45, 7) is 0. The summed E-state index contributed by atoms with van der Waals surface area (Å²) in [6.07, 6.45) is 0.321. The Bertz CT molecular complexity index is 767. The first kappa shape index (κ1) is 14.0. The maximum Gasteiger partial charge on any atom is 0.168 e. The summed E-state index contributed by atoms with van der Waals surface area (Å²) in [5.41, 5.74) is 2.49. The van der Waals surface area contributed by atoms with E-state index in [9.17, 15) is 4.79 Å². The molecule has 3 aromatic rings. The van der Waals surface area contributed by atoms with Gasteiger partial charge >= 0.3 is 0 Å². The first-order valence-electron chi connectivity index (χ1n) is 6.51. The topological polar surface area (TPSA) is 30.0 Å². The normalized spacial score (nSPS) is 10.5. The first-order chi connectivity index (χ1) is 10.2. The van der Waals surface area contributed by atoms with Gasteiger partial charge in [0.25, 0.3) is 0 Å². The molecule has 0 saturated carbocycles. The highest BCUT2D eigenvalue weighted by Crippen LogP contribution is 2.26. The third-order valence-electron chi connectivity index (χ3n) is 3.06. The number of thiazole rings is 1. The molecule has 104 valence electrons. The average molecular weight is 314 g/mol. The van der Waals surface area contributed by atoms with Gasteiger partial charge in [-0.1, -0.05) is 54.1 Å². The van der Waals surface area contributed by atoms with Gasteiger partial charge in [0.05, 0.1) is 12.1 Å². The van der Waals surface area contributed by atoms with E-state index in [-0.39, 0.29) is 5.78 Å². The van der Waals surface area contributed by atoms with Crippen LogP contribution in [-0.4, -0.2) is 10.8 Å². The summed E-state index contributed by atoms with van der Waals surface area (Å²) in [7, 11) is 0. The first-order valence-corrected chi connectivity index (χ1v) is 7.77. The van der Waals surface area contributed by atoms with Crippen molar-refractivity contribution >= 4 is 28.7 Å². The molecule has 0 aliphatic heterocycles. The maximum absolute atomic E-state index is 12.2. The van der Waals surface area contributed by atoms with Gasteiger partial charge in [0.2, 0.25) is 0 Å². The van der Waals surface area contributed by atoms with E-state index in [1.54, 1.807) is 0 Å². The lowest BCUT2D eigenvalue weighted by Crippen LogP contribution is -2.03. The number of hydrogen-bond donors (Lipinski definition) is 0. The second-order valence-corrected chi connectivity index (χ2v) is 5.91. The van der Waals surface area contributed by atoms with Crippen LogP contribution >= 0.6 is 22.9 Å². The van der Waals surface area contributed by atoms with Crippen molar-refractivity contribution < 1.29 is 4.79 Å². The van der Waals surface area contributed by atoms with Gasteiger partial charge in [0.15, 0.2) is 5.78 Å². The molecule has 0 bridgehead atoms. The predicted molar refractivity (Wildman–Crippen MR) is 87.0 cm³/mol. The lowest BCUT2D eigenvalue weighted by molar-refractivity contribution is 0.0992. The monoisotopic (exact) mass is 313 g/mol. The van der Waals surface area contributed by atoms with Crippen LogP contribution in [0.1, 0.15) is 16.1 Å². The van der Waals surface area contributed by atoms with Crippen molar-refractivity contribution in [3.63, 3.8) is 0 Å². The number of aromatic nitrogens is 1. The summed E-state index contributed by atoms with van der Waals surface area (Å²) < 4.78 is 0. The quantitative estimate of drug-likeness (QED) is 0.642. The third-order valence-corrected chi connectivity index (χ3v) is 4.24. The van der Waals surface area contributed by atoms with Crippen LogP contribution in [0.15, 0.2) is 60.0 Å². The Labute approximate surface area is 132 Å². The van der Waals surface area contributed by atoms with Crippen LogP contribution in [0, 0.1) is 0 Å². The molecule has 0 aliphatic rings. The number of hydrogen-bond acceptors (Lipinski definition) is 3. The van der Waals surface area contributed by atoms with Crippen LogP contribution in [-0.2, 0) is 6.42 Å². The van der Waals surface area contributed by atoms with Crippen molar-refractivity contribution in [1.29, 1.82) is 0 Å². The molecule has 21 heavy (non-hydrogen) atoms. The molecule has 4 heteroatoms. The Hall–Kier alpha value is -1.97. The molecule has 0 aliphatic carbocycles. The van der Waals surface area contributed by atoms with Gasteiger partial charge in [-0.2, -0.15) is 0 Å². The fourth-order valence-electron chi connectivity index (χ4n) is 2.03. The van der Waals surface area contributed by atoms with Crippen molar-refractivity contribution in [2.24, 2.45) is 0 Å².